The average molecular weight is 177 g/mol. The molecule has 0 radical (unpaired) electrons. The fraction of sp³-hybridized carbons (Fsp3) is 0.300. The largest absolute Gasteiger partial charge is 0.283 e. The van der Waals surface area contributed by atoms with E-state index in [1.54, 1.807) is 11.3 Å². The molecule has 1 aromatic rings. The Bertz CT molecular complexity index is 423. The number of hydrogen-bond acceptors (Lipinski definition) is 2. The van der Waals surface area contributed by atoms with Crippen molar-refractivity contribution >= 4 is 29.7 Å². The number of thiophene rings is 1. The van der Waals surface area contributed by atoms with Crippen LogP contribution in [-0.2, 0) is 0 Å². The second kappa shape index (κ2) is 2.56. The Morgan fingerprint density at radius 3 is 3.08 bits per heavy atom. The van der Waals surface area contributed by atoms with E-state index in [0.717, 1.165) is 0 Å². The van der Waals surface area contributed by atoms with Crippen LogP contribution < -0.4 is 9.75 Å². The van der Waals surface area contributed by atoms with Crippen LogP contribution in [0.4, 0.5) is 0 Å². The van der Waals surface area contributed by atoms with Gasteiger partial charge in [0.25, 0.3) is 0 Å². The van der Waals surface area contributed by atoms with Crippen molar-refractivity contribution in [2.75, 3.05) is 0 Å². The molecule has 1 nitrogen and oxygen atoms in total. The number of hydrogen-bond donors (Lipinski definition) is 0. The van der Waals surface area contributed by atoms with Crippen molar-refractivity contribution in [1.29, 1.82) is 0 Å². The van der Waals surface area contributed by atoms with E-state index in [2.05, 4.69) is 42.4 Å². The minimum absolute atomic E-state index is 0.0528. The number of rotatable bonds is 0. The van der Waals surface area contributed by atoms with Gasteiger partial charge in [-0.25, -0.2) is 0 Å². The Morgan fingerprint density at radius 1 is 1.42 bits per heavy atom. The molecule has 0 aromatic carbocycles. The molecule has 0 unspecified atom stereocenters. The lowest BCUT2D eigenvalue weighted by Gasteiger charge is -2.11. The maximum absolute atomic E-state index is 4.41. The van der Waals surface area contributed by atoms with Crippen LogP contribution in [0.5, 0.6) is 0 Å². The maximum atomic E-state index is 4.41. The quantitative estimate of drug-likeness (QED) is 0.564. The Morgan fingerprint density at radius 2 is 2.25 bits per heavy atom. The van der Waals surface area contributed by atoms with Crippen LogP contribution in [0.1, 0.15) is 13.8 Å². The minimum atomic E-state index is -0.0528. The summed E-state index contributed by atoms with van der Waals surface area (Å²) in [5.74, 6) is 0. The van der Waals surface area contributed by atoms with Gasteiger partial charge in [0, 0.05) is 10.7 Å². The van der Waals surface area contributed by atoms with Crippen molar-refractivity contribution < 1.29 is 0 Å². The van der Waals surface area contributed by atoms with Crippen molar-refractivity contribution in [2.24, 2.45) is 4.99 Å². The molecule has 0 bridgehead atoms. The second-order valence-corrected chi connectivity index (χ2v) is 4.43. The van der Waals surface area contributed by atoms with Crippen molar-refractivity contribution in [3.05, 3.63) is 21.2 Å². The molecule has 2 heterocycles. The average Bonchev–Trinajstić information content (AvgIpc) is 2.31. The van der Waals surface area contributed by atoms with Gasteiger partial charge < -0.3 is 0 Å². The molecule has 0 saturated carbocycles. The third kappa shape index (κ3) is 1.34. The SMILES string of the molecule is CC1(C)C=c2ccsc2=CC=N1. The fourth-order valence-electron chi connectivity index (χ4n) is 1.30. The molecule has 0 saturated heterocycles. The van der Waals surface area contributed by atoms with Gasteiger partial charge in [-0.3, -0.25) is 4.99 Å². The van der Waals surface area contributed by atoms with Crippen molar-refractivity contribution in [3.8, 4) is 0 Å². The van der Waals surface area contributed by atoms with Crippen molar-refractivity contribution in [3.63, 3.8) is 0 Å². The van der Waals surface area contributed by atoms with Crippen molar-refractivity contribution in [1.82, 2.24) is 0 Å². The Balaban J connectivity index is 2.75. The van der Waals surface area contributed by atoms with Crippen LogP contribution in [0.25, 0.3) is 12.2 Å². The highest BCUT2D eigenvalue weighted by atomic mass is 32.1. The smallest absolute Gasteiger partial charge is 0.0740 e. The molecule has 1 aromatic heterocycles. The summed E-state index contributed by atoms with van der Waals surface area (Å²) in [4.78, 5) is 4.41. The molecule has 0 atom stereocenters. The zero-order valence-corrected chi connectivity index (χ0v) is 8.06. The molecule has 0 fully saturated rings. The first kappa shape index (κ1) is 7.74. The Labute approximate surface area is 75.8 Å². The first-order valence-electron chi connectivity index (χ1n) is 3.99. The molecule has 12 heavy (non-hydrogen) atoms. The summed E-state index contributed by atoms with van der Waals surface area (Å²) in [6.07, 6.45) is 6.18. The molecule has 1 aliphatic rings. The topological polar surface area (TPSA) is 12.4 Å². The predicted octanol–water partition coefficient (Wildman–Crippen LogP) is 1.17. The lowest BCUT2D eigenvalue weighted by molar-refractivity contribution is 0.701. The van der Waals surface area contributed by atoms with Crippen LogP contribution in [0, 0.1) is 0 Å². The monoisotopic (exact) mass is 177 g/mol. The van der Waals surface area contributed by atoms with E-state index in [0.29, 0.717) is 0 Å². The third-order valence-electron chi connectivity index (χ3n) is 1.87. The van der Waals surface area contributed by atoms with E-state index in [1.807, 2.05) is 6.21 Å². The first-order valence-corrected chi connectivity index (χ1v) is 4.87. The number of aliphatic imine (C=N–C) groups is 1. The van der Waals surface area contributed by atoms with Gasteiger partial charge in [0.1, 0.15) is 0 Å². The fourth-order valence-corrected chi connectivity index (χ4v) is 2.06. The van der Waals surface area contributed by atoms with Gasteiger partial charge >= 0.3 is 0 Å². The highest BCUT2D eigenvalue weighted by Crippen LogP contribution is 2.10. The van der Waals surface area contributed by atoms with Gasteiger partial charge in [-0.1, -0.05) is 0 Å². The lowest BCUT2D eigenvalue weighted by Crippen LogP contribution is -2.22. The van der Waals surface area contributed by atoms with Gasteiger partial charge in [0.2, 0.25) is 0 Å². The highest BCUT2D eigenvalue weighted by Gasteiger charge is 2.11. The Hall–Kier alpha value is -0.890. The van der Waals surface area contributed by atoms with Crippen LogP contribution in [0.3, 0.4) is 0 Å². The standard InChI is InChI=1S/C10H11NS/c1-10(2)7-8-4-6-12-9(8)3-5-11-10/h3-7H,1-2H3. The van der Waals surface area contributed by atoms with Gasteiger partial charge in [0.05, 0.1) is 5.54 Å². The molecule has 0 amide bonds. The summed E-state index contributed by atoms with van der Waals surface area (Å²) in [5, 5.41) is 3.43. The molecular formula is C10H11NS. The van der Waals surface area contributed by atoms with E-state index < -0.39 is 0 Å². The van der Waals surface area contributed by atoms with Crippen molar-refractivity contribution in [2.45, 2.75) is 19.4 Å². The molecule has 0 N–H and O–H groups in total. The molecular weight excluding hydrogens is 166 g/mol. The zero-order chi connectivity index (χ0) is 8.60. The van der Waals surface area contributed by atoms with Crippen LogP contribution >= 0.6 is 11.3 Å². The van der Waals surface area contributed by atoms with E-state index in [9.17, 15) is 0 Å². The van der Waals surface area contributed by atoms with E-state index in [1.165, 1.54) is 9.75 Å². The molecule has 0 aliphatic carbocycles. The van der Waals surface area contributed by atoms with Gasteiger partial charge in [-0.2, -0.15) is 0 Å². The predicted molar refractivity (Wildman–Crippen MR) is 55.1 cm³/mol. The molecule has 1 aliphatic heterocycles. The molecule has 2 rings (SSSR count). The summed E-state index contributed by atoms with van der Waals surface area (Å²) < 4.78 is 1.31. The minimum Gasteiger partial charge on any atom is -0.283 e. The summed E-state index contributed by atoms with van der Waals surface area (Å²) in [5.41, 5.74) is -0.0528. The summed E-state index contributed by atoms with van der Waals surface area (Å²) in [6, 6.07) is 2.15. The van der Waals surface area contributed by atoms with Crippen LogP contribution in [0.15, 0.2) is 16.4 Å². The molecule has 2 heteroatoms. The van der Waals surface area contributed by atoms with Gasteiger partial charge in [-0.05, 0) is 42.7 Å². The summed E-state index contributed by atoms with van der Waals surface area (Å²) >= 11 is 1.76. The third-order valence-corrected chi connectivity index (χ3v) is 2.77. The molecule has 0 spiro atoms. The Kier molecular flexibility index (Phi) is 1.65. The molecule has 62 valence electrons. The number of nitrogens with zero attached hydrogens (tertiary/aromatic N) is 1. The maximum Gasteiger partial charge on any atom is 0.0740 e. The van der Waals surface area contributed by atoms with E-state index in [-0.39, 0.29) is 5.54 Å². The summed E-state index contributed by atoms with van der Waals surface area (Å²) in [6.45, 7) is 4.23. The van der Waals surface area contributed by atoms with E-state index >= 15 is 0 Å². The van der Waals surface area contributed by atoms with Gasteiger partial charge in [-0.15, -0.1) is 11.3 Å². The first-order chi connectivity index (χ1) is 5.67. The normalized spacial score (nSPS) is 18.8. The number of fused-ring (bicyclic) bond motifs is 1. The van der Waals surface area contributed by atoms with Crippen LogP contribution in [0.2, 0.25) is 0 Å². The van der Waals surface area contributed by atoms with Crippen LogP contribution in [-0.4, -0.2) is 11.8 Å². The summed E-state index contributed by atoms with van der Waals surface area (Å²) in [7, 11) is 0. The second-order valence-electron chi connectivity index (χ2n) is 3.48. The lowest BCUT2D eigenvalue weighted by atomic mass is 10.1. The van der Waals surface area contributed by atoms with Gasteiger partial charge in [0.15, 0.2) is 0 Å². The zero-order valence-electron chi connectivity index (χ0n) is 7.24. The highest BCUT2D eigenvalue weighted by molar-refractivity contribution is 7.07. The van der Waals surface area contributed by atoms with E-state index in [4.69, 9.17) is 0 Å².